The van der Waals surface area contributed by atoms with E-state index in [9.17, 15) is 0 Å². The molecule has 0 atom stereocenters. The van der Waals surface area contributed by atoms with E-state index in [0.717, 1.165) is 0 Å². The molecule has 1 aliphatic rings. The van der Waals surface area contributed by atoms with Crippen LogP contribution in [0.5, 0.6) is 0 Å². The molecule has 0 aromatic carbocycles. The Morgan fingerprint density at radius 3 is 2.75 bits per heavy atom. The molecular weight excluding hydrogens is 100 g/mol. The first-order valence-electron chi connectivity index (χ1n) is 2.89. The molecular formula is C6H10N2. The predicted molar refractivity (Wildman–Crippen MR) is 31.3 cm³/mol. The fourth-order valence-corrected chi connectivity index (χ4v) is 0.617. The van der Waals surface area contributed by atoms with Gasteiger partial charge in [0.1, 0.15) is 0 Å². The van der Waals surface area contributed by atoms with Crippen molar-refractivity contribution in [3.8, 4) is 6.07 Å². The quantitative estimate of drug-likeness (QED) is 0.530. The van der Waals surface area contributed by atoms with Gasteiger partial charge in [0.25, 0.3) is 0 Å². The zero-order chi connectivity index (χ0) is 6.04. The molecule has 0 spiro atoms. The Balaban J connectivity index is 2.12. The Hall–Kier alpha value is -0.550. The van der Waals surface area contributed by atoms with Crippen LogP contribution in [0, 0.1) is 11.3 Å². The van der Waals surface area contributed by atoms with Gasteiger partial charge >= 0.3 is 0 Å². The van der Waals surface area contributed by atoms with Crippen molar-refractivity contribution in [3.63, 3.8) is 0 Å². The predicted octanol–water partition coefficient (Wildman–Crippen LogP) is 0.652. The zero-order valence-corrected chi connectivity index (χ0v) is 5.07. The third-order valence-corrected chi connectivity index (χ3v) is 1.59. The van der Waals surface area contributed by atoms with Crippen molar-refractivity contribution in [2.45, 2.75) is 25.3 Å². The molecule has 0 amide bonds. The Labute approximate surface area is 49.5 Å². The first-order valence-corrected chi connectivity index (χ1v) is 2.89. The van der Waals surface area contributed by atoms with Gasteiger partial charge in [-0.15, -0.1) is 0 Å². The highest BCUT2D eigenvalue weighted by Crippen LogP contribution is 2.33. The molecule has 1 N–H and O–H groups in total. The average molecular weight is 110 g/mol. The maximum Gasteiger partial charge on any atom is 0.0845 e. The standard InChI is InChI=1S/C6H10N2/c1-6(2-3-6)8-5-4-7/h8H,2-3,5H2,1H3. The third kappa shape index (κ3) is 1.21. The summed E-state index contributed by atoms with van der Waals surface area (Å²) in [6.07, 6.45) is 2.46. The average Bonchev–Trinajstić information content (AvgIpc) is 2.45. The molecule has 0 aliphatic heterocycles. The summed E-state index contributed by atoms with van der Waals surface area (Å²) in [5.41, 5.74) is 0.329. The molecule has 1 saturated carbocycles. The van der Waals surface area contributed by atoms with E-state index in [0.29, 0.717) is 12.1 Å². The molecule has 0 unspecified atom stereocenters. The molecule has 44 valence electrons. The second-order valence-electron chi connectivity index (χ2n) is 2.57. The van der Waals surface area contributed by atoms with Crippen LogP contribution in [0.15, 0.2) is 0 Å². The van der Waals surface area contributed by atoms with Crippen LogP contribution in [0.25, 0.3) is 0 Å². The maximum atomic E-state index is 8.14. The third-order valence-electron chi connectivity index (χ3n) is 1.59. The molecule has 0 saturated heterocycles. The van der Waals surface area contributed by atoms with Gasteiger partial charge in [-0.1, -0.05) is 0 Å². The van der Waals surface area contributed by atoms with Gasteiger partial charge in [0, 0.05) is 5.54 Å². The maximum absolute atomic E-state index is 8.14. The largest absolute Gasteiger partial charge is 0.299 e. The monoisotopic (exact) mass is 110 g/mol. The Kier molecular flexibility index (Phi) is 1.22. The van der Waals surface area contributed by atoms with Crippen molar-refractivity contribution in [1.29, 1.82) is 5.26 Å². The second kappa shape index (κ2) is 1.75. The highest BCUT2D eigenvalue weighted by molar-refractivity contribution is 4.99. The minimum absolute atomic E-state index is 0.329. The normalized spacial score (nSPS) is 22.0. The zero-order valence-electron chi connectivity index (χ0n) is 5.07. The van der Waals surface area contributed by atoms with Crippen molar-refractivity contribution in [3.05, 3.63) is 0 Å². The van der Waals surface area contributed by atoms with Gasteiger partial charge in [0.05, 0.1) is 12.6 Å². The van der Waals surface area contributed by atoms with Crippen LogP contribution in [0.3, 0.4) is 0 Å². The van der Waals surface area contributed by atoms with Crippen molar-refractivity contribution >= 4 is 0 Å². The minimum atomic E-state index is 0.329. The molecule has 1 aliphatic carbocycles. The molecule has 2 nitrogen and oxygen atoms in total. The fraction of sp³-hybridized carbons (Fsp3) is 0.833. The first kappa shape index (κ1) is 5.58. The molecule has 0 heterocycles. The van der Waals surface area contributed by atoms with E-state index in [1.807, 2.05) is 0 Å². The highest BCUT2D eigenvalue weighted by Gasteiger charge is 2.35. The molecule has 0 radical (unpaired) electrons. The Morgan fingerprint density at radius 2 is 2.38 bits per heavy atom. The molecule has 0 aromatic heterocycles. The highest BCUT2D eigenvalue weighted by atomic mass is 15.0. The smallest absolute Gasteiger partial charge is 0.0845 e. The van der Waals surface area contributed by atoms with E-state index < -0.39 is 0 Å². The lowest BCUT2D eigenvalue weighted by atomic mass is 10.3. The number of nitrogens with one attached hydrogen (secondary N) is 1. The lowest BCUT2D eigenvalue weighted by Gasteiger charge is -2.04. The van der Waals surface area contributed by atoms with Crippen LogP contribution in [-0.4, -0.2) is 12.1 Å². The lowest BCUT2D eigenvalue weighted by Crippen LogP contribution is -2.27. The first-order chi connectivity index (χ1) is 3.77. The van der Waals surface area contributed by atoms with Gasteiger partial charge < -0.3 is 0 Å². The number of rotatable bonds is 2. The summed E-state index contributed by atoms with van der Waals surface area (Å²) in [6.45, 7) is 2.64. The summed E-state index contributed by atoms with van der Waals surface area (Å²) in [5.74, 6) is 0. The van der Waals surface area contributed by atoms with Crippen LogP contribution < -0.4 is 5.32 Å². The van der Waals surface area contributed by atoms with Crippen molar-refractivity contribution < 1.29 is 0 Å². The van der Waals surface area contributed by atoms with Gasteiger partial charge in [-0.25, -0.2) is 0 Å². The number of nitrogens with zero attached hydrogens (tertiary/aromatic N) is 1. The van der Waals surface area contributed by atoms with Gasteiger partial charge in [-0.05, 0) is 19.8 Å². The molecule has 1 rings (SSSR count). The topological polar surface area (TPSA) is 35.8 Å². The van der Waals surface area contributed by atoms with E-state index in [-0.39, 0.29) is 0 Å². The van der Waals surface area contributed by atoms with Crippen molar-refractivity contribution in [2.75, 3.05) is 6.54 Å². The van der Waals surface area contributed by atoms with Crippen LogP contribution in [0.4, 0.5) is 0 Å². The van der Waals surface area contributed by atoms with E-state index in [2.05, 4.69) is 18.3 Å². The summed E-state index contributed by atoms with van der Waals surface area (Å²) < 4.78 is 0. The van der Waals surface area contributed by atoms with Gasteiger partial charge in [-0.2, -0.15) is 5.26 Å². The van der Waals surface area contributed by atoms with E-state index in [1.54, 1.807) is 0 Å². The van der Waals surface area contributed by atoms with E-state index >= 15 is 0 Å². The SMILES string of the molecule is CC1(NCC#N)CC1. The molecule has 0 aromatic rings. The Bertz CT molecular complexity index is 119. The van der Waals surface area contributed by atoms with Crippen LogP contribution in [0.1, 0.15) is 19.8 Å². The number of hydrogen-bond donors (Lipinski definition) is 1. The summed E-state index contributed by atoms with van der Waals surface area (Å²) in [6, 6.07) is 2.05. The summed E-state index contributed by atoms with van der Waals surface area (Å²) in [5, 5.41) is 11.3. The molecule has 8 heavy (non-hydrogen) atoms. The summed E-state index contributed by atoms with van der Waals surface area (Å²) >= 11 is 0. The van der Waals surface area contributed by atoms with Gasteiger partial charge in [0.15, 0.2) is 0 Å². The summed E-state index contributed by atoms with van der Waals surface area (Å²) in [4.78, 5) is 0. The summed E-state index contributed by atoms with van der Waals surface area (Å²) in [7, 11) is 0. The van der Waals surface area contributed by atoms with Crippen LogP contribution in [0.2, 0.25) is 0 Å². The second-order valence-corrected chi connectivity index (χ2v) is 2.57. The van der Waals surface area contributed by atoms with Crippen molar-refractivity contribution in [2.24, 2.45) is 0 Å². The molecule has 1 fully saturated rings. The van der Waals surface area contributed by atoms with E-state index in [4.69, 9.17) is 5.26 Å². The molecule has 2 heteroatoms. The van der Waals surface area contributed by atoms with E-state index in [1.165, 1.54) is 12.8 Å². The van der Waals surface area contributed by atoms with Crippen molar-refractivity contribution in [1.82, 2.24) is 5.32 Å². The van der Waals surface area contributed by atoms with Crippen LogP contribution >= 0.6 is 0 Å². The fourth-order valence-electron chi connectivity index (χ4n) is 0.617. The lowest BCUT2D eigenvalue weighted by molar-refractivity contribution is 0.579. The van der Waals surface area contributed by atoms with Gasteiger partial charge in [0.2, 0.25) is 0 Å². The minimum Gasteiger partial charge on any atom is -0.299 e. The number of hydrogen-bond acceptors (Lipinski definition) is 2. The van der Waals surface area contributed by atoms with Gasteiger partial charge in [-0.3, -0.25) is 5.32 Å². The number of nitriles is 1. The van der Waals surface area contributed by atoms with Crippen LogP contribution in [-0.2, 0) is 0 Å². The Morgan fingerprint density at radius 1 is 1.75 bits per heavy atom. The molecule has 0 bridgehead atoms.